The lowest BCUT2D eigenvalue weighted by Gasteiger charge is -2.31. The molecule has 0 radical (unpaired) electrons. The van der Waals surface area contributed by atoms with Gasteiger partial charge in [-0.3, -0.25) is 9.59 Å². The first-order valence-corrected chi connectivity index (χ1v) is 8.84. The predicted molar refractivity (Wildman–Crippen MR) is 88.1 cm³/mol. The highest BCUT2D eigenvalue weighted by molar-refractivity contribution is 7.87. The highest BCUT2D eigenvalue weighted by atomic mass is 32.2. The molecule has 0 saturated heterocycles. The molecule has 0 spiro atoms. The number of amides is 1. The van der Waals surface area contributed by atoms with Gasteiger partial charge in [-0.15, -0.1) is 0 Å². The molecule has 130 valence electrons. The van der Waals surface area contributed by atoms with E-state index in [0.717, 1.165) is 14.2 Å². The van der Waals surface area contributed by atoms with E-state index in [1.807, 2.05) is 18.2 Å². The highest BCUT2D eigenvalue weighted by Gasteiger charge is 2.40. The Morgan fingerprint density at radius 3 is 2.38 bits per heavy atom. The Hall–Kier alpha value is -2.19. The molecule has 7 nitrogen and oxygen atoms in total. The van der Waals surface area contributed by atoms with Gasteiger partial charge in [0.1, 0.15) is 6.04 Å². The van der Waals surface area contributed by atoms with Crippen molar-refractivity contribution in [1.82, 2.24) is 8.61 Å². The summed E-state index contributed by atoms with van der Waals surface area (Å²) in [7, 11) is -2.91. The van der Waals surface area contributed by atoms with E-state index in [-0.39, 0.29) is 19.5 Å². The van der Waals surface area contributed by atoms with E-state index >= 15 is 0 Å². The van der Waals surface area contributed by atoms with E-state index in [1.165, 1.54) is 14.0 Å². The Bertz CT molecular complexity index is 730. The summed E-state index contributed by atoms with van der Waals surface area (Å²) in [6.45, 7) is 1.13. The molecule has 1 aliphatic heterocycles. The number of carbonyl (C=O) groups is 2. The average molecular weight is 352 g/mol. The van der Waals surface area contributed by atoms with Crippen molar-refractivity contribution < 1.29 is 22.7 Å². The summed E-state index contributed by atoms with van der Waals surface area (Å²) in [5, 5.41) is 0. The largest absolute Gasteiger partial charge is 0.468 e. The zero-order valence-corrected chi connectivity index (χ0v) is 14.4. The van der Waals surface area contributed by atoms with Crippen molar-refractivity contribution in [3.8, 4) is 0 Å². The fourth-order valence-corrected chi connectivity index (χ4v) is 4.13. The lowest BCUT2D eigenvalue weighted by Crippen LogP contribution is -2.52. The average Bonchev–Trinajstić information content (AvgIpc) is 2.71. The summed E-state index contributed by atoms with van der Waals surface area (Å²) in [4.78, 5) is 23.9. The number of benzene rings is 1. The summed E-state index contributed by atoms with van der Waals surface area (Å²) in [5.41, 5.74) is 0.797. The molecular formula is C16H20N2O5S. The van der Waals surface area contributed by atoms with Gasteiger partial charge in [0, 0.05) is 13.5 Å². The van der Waals surface area contributed by atoms with Crippen molar-refractivity contribution in [1.29, 1.82) is 0 Å². The van der Waals surface area contributed by atoms with Crippen LogP contribution in [-0.2, 0) is 31.0 Å². The van der Waals surface area contributed by atoms with E-state index < -0.39 is 28.1 Å². The number of hydrogen-bond acceptors (Lipinski definition) is 5. The third-order valence-electron chi connectivity index (χ3n) is 3.74. The monoisotopic (exact) mass is 352 g/mol. The van der Waals surface area contributed by atoms with E-state index in [2.05, 4.69) is 0 Å². The quantitative estimate of drug-likeness (QED) is 0.589. The molecule has 2 rings (SSSR count). The van der Waals surface area contributed by atoms with Crippen LogP contribution in [0.1, 0.15) is 12.5 Å². The molecule has 0 saturated carbocycles. The fourth-order valence-electron chi connectivity index (χ4n) is 2.52. The highest BCUT2D eigenvalue weighted by Crippen LogP contribution is 2.20. The third kappa shape index (κ3) is 3.82. The number of rotatable bonds is 4. The second-order valence-corrected chi connectivity index (χ2v) is 7.13. The molecule has 1 unspecified atom stereocenters. The van der Waals surface area contributed by atoms with Crippen molar-refractivity contribution in [3.05, 3.63) is 48.0 Å². The molecule has 1 atom stereocenters. The first-order valence-electron chi connectivity index (χ1n) is 7.44. The first-order chi connectivity index (χ1) is 11.4. The normalized spacial score (nSPS) is 18.7. The summed E-state index contributed by atoms with van der Waals surface area (Å²) in [5.74, 6) is -1.27. The summed E-state index contributed by atoms with van der Waals surface area (Å²) in [6.07, 6.45) is 3.38. The van der Waals surface area contributed by atoms with Gasteiger partial charge in [-0.25, -0.2) is 4.31 Å². The van der Waals surface area contributed by atoms with Gasteiger partial charge in [-0.1, -0.05) is 42.5 Å². The fraction of sp³-hybridized carbons (Fsp3) is 0.375. The van der Waals surface area contributed by atoms with Crippen molar-refractivity contribution in [2.45, 2.75) is 19.4 Å². The maximum absolute atomic E-state index is 12.8. The van der Waals surface area contributed by atoms with Gasteiger partial charge in [-0.05, 0) is 12.0 Å². The predicted octanol–water partition coefficient (Wildman–Crippen LogP) is 0.736. The van der Waals surface area contributed by atoms with Gasteiger partial charge < -0.3 is 4.74 Å². The van der Waals surface area contributed by atoms with E-state index in [1.54, 1.807) is 24.3 Å². The van der Waals surface area contributed by atoms with Gasteiger partial charge in [-0.2, -0.15) is 12.7 Å². The molecule has 0 aromatic heterocycles. The van der Waals surface area contributed by atoms with Gasteiger partial charge in [0.05, 0.1) is 13.7 Å². The molecule has 24 heavy (non-hydrogen) atoms. The smallest absolute Gasteiger partial charge is 0.324 e. The molecule has 0 aliphatic carbocycles. The number of ether oxygens (including phenoxy) is 1. The molecule has 0 bridgehead atoms. The Balaban J connectivity index is 2.41. The van der Waals surface area contributed by atoms with Gasteiger partial charge in [0.2, 0.25) is 5.91 Å². The van der Waals surface area contributed by atoms with Gasteiger partial charge in [0.15, 0.2) is 0 Å². The number of nitrogens with zero attached hydrogens (tertiary/aromatic N) is 2. The van der Waals surface area contributed by atoms with E-state index in [0.29, 0.717) is 0 Å². The van der Waals surface area contributed by atoms with Crippen LogP contribution in [0.4, 0.5) is 0 Å². The summed E-state index contributed by atoms with van der Waals surface area (Å²) < 4.78 is 32.2. The third-order valence-corrected chi connectivity index (χ3v) is 5.70. The zero-order valence-electron chi connectivity index (χ0n) is 13.6. The minimum absolute atomic E-state index is 0.00128. The Kier molecular flexibility index (Phi) is 5.74. The second-order valence-electron chi connectivity index (χ2n) is 5.33. The van der Waals surface area contributed by atoms with Gasteiger partial charge in [0.25, 0.3) is 0 Å². The molecule has 1 aliphatic rings. The van der Waals surface area contributed by atoms with Crippen LogP contribution in [0.2, 0.25) is 0 Å². The lowest BCUT2D eigenvalue weighted by atomic mass is 10.1. The lowest BCUT2D eigenvalue weighted by molar-refractivity contribution is -0.145. The molecule has 1 aromatic rings. The standard InChI is InChI=1S/C16H20N2O5S/c1-13(19)17-10-6-7-11-18(24(17,21)22)15(16(20)23-2)12-14-8-4-3-5-9-14/h3-9,15H,10-12H2,1-2H3. The second kappa shape index (κ2) is 7.59. The van der Waals surface area contributed by atoms with Crippen LogP contribution in [-0.4, -0.2) is 55.1 Å². The summed E-state index contributed by atoms with van der Waals surface area (Å²) >= 11 is 0. The minimum atomic E-state index is -4.12. The number of methoxy groups -OCH3 is 1. The Morgan fingerprint density at radius 2 is 1.79 bits per heavy atom. The number of hydrogen-bond donors (Lipinski definition) is 0. The van der Waals surface area contributed by atoms with Crippen LogP contribution in [0.15, 0.2) is 42.5 Å². The molecule has 1 amide bonds. The van der Waals surface area contributed by atoms with Gasteiger partial charge >= 0.3 is 16.2 Å². The Morgan fingerprint density at radius 1 is 1.17 bits per heavy atom. The first kappa shape index (κ1) is 18.2. The number of esters is 1. The van der Waals surface area contributed by atoms with Crippen LogP contribution in [0.5, 0.6) is 0 Å². The maximum atomic E-state index is 12.8. The molecule has 1 aromatic carbocycles. The molecule has 1 heterocycles. The van der Waals surface area contributed by atoms with Crippen LogP contribution in [0, 0.1) is 0 Å². The molecule has 8 heteroatoms. The van der Waals surface area contributed by atoms with E-state index in [4.69, 9.17) is 4.74 Å². The van der Waals surface area contributed by atoms with Crippen molar-refractivity contribution >= 4 is 22.1 Å². The van der Waals surface area contributed by atoms with Crippen LogP contribution in [0.25, 0.3) is 0 Å². The maximum Gasteiger partial charge on any atom is 0.324 e. The van der Waals surface area contributed by atoms with Crippen molar-refractivity contribution in [3.63, 3.8) is 0 Å². The number of carbonyl (C=O) groups excluding carboxylic acids is 2. The molecular weight excluding hydrogens is 332 g/mol. The summed E-state index contributed by atoms with van der Waals surface area (Å²) in [6, 6.07) is 8.01. The minimum Gasteiger partial charge on any atom is -0.468 e. The zero-order chi connectivity index (χ0) is 17.7. The van der Waals surface area contributed by atoms with Crippen molar-refractivity contribution in [2.75, 3.05) is 20.2 Å². The van der Waals surface area contributed by atoms with Crippen LogP contribution < -0.4 is 0 Å². The van der Waals surface area contributed by atoms with E-state index in [9.17, 15) is 18.0 Å². The SMILES string of the molecule is COC(=O)C(Cc1ccccc1)N1CC=CCN(C(C)=O)S1(=O)=O. The molecule has 0 N–H and O–H groups in total. The molecule has 0 fully saturated rings. The topological polar surface area (TPSA) is 84.0 Å². The van der Waals surface area contributed by atoms with Crippen molar-refractivity contribution in [2.24, 2.45) is 0 Å². The van der Waals surface area contributed by atoms with Crippen LogP contribution >= 0.6 is 0 Å². The Labute approximate surface area is 141 Å². The van der Waals surface area contributed by atoms with Crippen LogP contribution in [0.3, 0.4) is 0 Å².